The monoisotopic (exact) mass is 273 g/mol. The number of piperazine rings is 1. The Bertz CT molecular complexity index is 314. The average molecular weight is 273 g/mol. The highest BCUT2D eigenvalue weighted by Crippen LogP contribution is 2.05. The van der Waals surface area contributed by atoms with Gasteiger partial charge in [0.1, 0.15) is 0 Å². The summed E-state index contributed by atoms with van der Waals surface area (Å²) in [7, 11) is 1.31. The number of hydrogen-bond donors (Lipinski definition) is 2. The molecule has 0 aromatic heterocycles. The molecule has 1 aliphatic rings. The predicted octanol–water partition coefficient (Wildman–Crippen LogP) is -0.178. The van der Waals surface area contributed by atoms with E-state index in [1.165, 1.54) is 7.11 Å². The van der Waals surface area contributed by atoms with E-state index >= 15 is 0 Å². The first-order valence-corrected chi connectivity index (χ1v) is 6.48. The average Bonchev–Trinajstić information content (AvgIpc) is 2.38. The van der Waals surface area contributed by atoms with Crippen molar-refractivity contribution >= 4 is 12.0 Å². The lowest BCUT2D eigenvalue weighted by Gasteiger charge is -2.36. The van der Waals surface area contributed by atoms with Crippen LogP contribution in [0.5, 0.6) is 0 Å². The Morgan fingerprint density at radius 2 is 1.84 bits per heavy atom. The summed E-state index contributed by atoms with van der Waals surface area (Å²) in [5.74, 6) is -1.08. The highest BCUT2D eigenvalue weighted by atomic mass is 16.5. The van der Waals surface area contributed by atoms with Crippen LogP contribution >= 0.6 is 0 Å². The number of carboxylic acid groups (broad SMARTS) is 1. The molecule has 2 amide bonds. The van der Waals surface area contributed by atoms with Crippen LogP contribution in [0.25, 0.3) is 0 Å². The molecule has 0 aromatic rings. The third-order valence-corrected chi connectivity index (χ3v) is 3.33. The molecule has 1 fully saturated rings. The third kappa shape index (κ3) is 4.68. The standard InChI is InChI=1S/C12H23N3O4/c1-9(2)14-4-6-15(7-5-14)12(18)13-8-10(19-3)11(16)17/h9-10H,4-8H2,1-3H3,(H,13,18)(H,16,17). The van der Waals surface area contributed by atoms with Crippen molar-refractivity contribution in [3.05, 3.63) is 0 Å². The molecule has 1 rings (SSSR count). The Labute approximate surface area is 113 Å². The largest absolute Gasteiger partial charge is 0.479 e. The molecule has 1 aliphatic heterocycles. The molecular weight excluding hydrogens is 250 g/mol. The molecular formula is C12H23N3O4. The van der Waals surface area contributed by atoms with Gasteiger partial charge in [0.15, 0.2) is 6.10 Å². The maximum absolute atomic E-state index is 11.9. The number of ether oxygens (including phenoxy) is 1. The molecule has 19 heavy (non-hydrogen) atoms. The first kappa shape index (κ1) is 15.7. The maximum Gasteiger partial charge on any atom is 0.334 e. The van der Waals surface area contributed by atoms with E-state index in [1.807, 2.05) is 0 Å². The molecule has 0 bridgehead atoms. The molecule has 1 saturated heterocycles. The van der Waals surface area contributed by atoms with E-state index < -0.39 is 12.1 Å². The lowest BCUT2D eigenvalue weighted by molar-refractivity contribution is -0.148. The normalized spacial score (nSPS) is 18.4. The van der Waals surface area contributed by atoms with E-state index in [2.05, 4.69) is 24.1 Å². The van der Waals surface area contributed by atoms with Crippen molar-refractivity contribution in [3.8, 4) is 0 Å². The number of methoxy groups -OCH3 is 1. The van der Waals surface area contributed by atoms with Gasteiger partial charge in [0, 0.05) is 39.3 Å². The Hall–Kier alpha value is -1.34. The van der Waals surface area contributed by atoms with E-state index in [4.69, 9.17) is 9.84 Å². The van der Waals surface area contributed by atoms with Crippen LogP contribution in [0.1, 0.15) is 13.8 Å². The molecule has 7 heteroatoms. The molecule has 0 saturated carbocycles. The fourth-order valence-electron chi connectivity index (χ4n) is 2.00. The number of hydrogen-bond acceptors (Lipinski definition) is 4. The molecule has 0 aliphatic carbocycles. The number of rotatable bonds is 5. The molecule has 1 heterocycles. The van der Waals surface area contributed by atoms with Crippen LogP contribution in [-0.4, -0.2) is 78.9 Å². The topological polar surface area (TPSA) is 82.1 Å². The van der Waals surface area contributed by atoms with Crippen LogP contribution in [0.3, 0.4) is 0 Å². The van der Waals surface area contributed by atoms with Crippen molar-refractivity contribution in [1.29, 1.82) is 0 Å². The van der Waals surface area contributed by atoms with Gasteiger partial charge in [0.2, 0.25) is 0 Å². The van der Waals surface area contributed by atoms with E-state index in [0.717, 1.165) is 13.1 Å². The van der Waals surface area contributed by atoms with Crippen LogP contribution < -0.4 is 5.32 Å². The number of aliphatic carboxylic acids is 1. The lowest BCUT2D eigenvalue weighted by Crippen LogP contribution is -2.54. The summed E-state index contributed by atoms with van der Waals surface area (Å²) in [6.45, 7) is 7.26. The van der Waals surface area contributed by atoms with Crippen molar-refractivity contribution in [3.63, 3.8) is 0 Å². The minimum atomic E-state index is -1.08. The summed E-state index contributed by atoms with van der Waals surface area (Å²) >= 11 is 0. The molecule has 110 valence electrons. The van der Waals surface area contributed by atoms with Gasteiger partial charge < -0.3 is 20.1 Å². The van der Waals surface area contributed by atoms with Gasteiger partial charge in [-0.2, -0.15) is 0 Å². The fraction of sp³-hybridized carbons (Fsp3) is 0.833. The molecule has 1 atom stereocenters. The smallest absolute Gasteiger partial charge is 0.334 e. The summed E-state index contributed by atoms with van der Waals surface area (Å²) in [5, 5.41) is 11.4. The summed E-state index contributed by atoms with van der Waals surface area (Å²) in [6.07, 6.45) is -0.999. The highest BCUT2D eigenvalue weighted by Gasteiger charge is 2.24. The van der Waals surface area contributed by atoms with Gasteiger partial charge in [-0.1, -0.05) is 0 Å². The number of carbonyl (C=O) groups excluding carboxylic acids is 1. The number of urea groups is 1. The fourth-order valence-corrected chi connectivity index (χ4v) is 2.00. The number of nitrogens with zero attached hydrogens (tertiary/aromatic N) is 2. The van der Waals surface area contributed by atoms with Crippen LogP contribution in [0.15, 0.2) is 0 Å². The van der Waals surface area contributed by atoms with Crippen LogP contribution in [0.2, 0.25) is 0 Å². The van der Waals surface area contributed by atoms with E-state index in [9.17, 15) is 9.59 Å². The van der Waals surface area contributed by atoms with Gasteiger partial charge in [0.25, 0.3) is 0 Å². The second-order valence-corrected chi connectivity index (χ2v) is 4.87. The molecule has 0 aromatic carbocycles. The Balaban J connectivity index is 2.33. The predicted molar refractivity (Wildman–Crippen MR) is 70.1 cm³/mol. The Kier molecular flexibility index (Phi) is 6.04. The summed E-state index contributed by atoms with van der Waals surface area (Å²) in [5.41, 5.74) is 0. The lowest BCUT2D eigenvalue weighted by atomic mass is 10.2. The van der Waals surface area contributed by atoms with Gasteiger partial charge >= 0.3 is 12.0 Å². The zero-order valence-corrected chi connectivity index (χ0v) is 11.8. The number of amides is 2. The van der Waals surface area contributed by atoms with Crippen molar-refractivity contribution in [1.82, 2.24) is 15.1 Å². The van der Waals surface area contributed by atoms with Crippen LogP contribution in [0.4, 0.5) is 4.79 Å². The van der Waals surface area contributed by atoms with Crippen molar-refractivity contribution < 1.29 is 19.4 Å². The SMILES string of the molecule is COC(CNC(=O)N1CCN(C(C)C)CC1)C(=O)O. The van der Waals surface area contributed by atoms with E-state index in [-0.39, 0.29) is 12.6 Å². The first-order chi connectivity index (χ1) is 8.95. The highest BCUT2D eigenvalue weighted by molar-refractivity contribution is 5.77. The second kappa shape index (κ2) is 7.30. The van der Waals surface area contributed by atoms with Gasteiger partial charge in [-0.05, 0) is 13.8 Å². The second-order valence-electron chi connectivity index (χ2n) is 4.87. The minimum absolute atomic E-state index is 0.0188. The first-order valence-electron chi connectivity index (χ1n) is 6.48. The number of carbonyl (C=O) groups is 2. The maximum atomic E-state index is 11.9. The van der Waals surface area contributed by atoms with Crippen molar-refractivity contribution in [2.45, 2.75) is 26.0 Å². The number of carboxylic acids is 1. The Morgan fingerprint density at radius 1 is 1.26 bits per heavy atom. The van der Waals surface area contributed by atoms with Gasteiger partial charge in [-0.3, -0.25) is 4.90 Å². The zero-order chi connectivity index (χ0) is 14.4. The van der Waals surface area contributed by atoms with Gasteiger partial charge in [0.05, 0.1) is 6.54 Å². The van der Waals surface area contributed by atoms with E-state index in [1.54, 1.807) is 4.90 Å². The molecule has 1 unspecified atom stereocenters. The van der Waals surface area contributed by atoms with E-state index in [0.29, 0.717) is 19.1 Å². The van der Waals surface area contributed by atoms with Gasteiger partial charge in [-0.15, -0.1) is 0 Å². The zero-order valence-electron chi connectivity index (χ0n) is 11.8. The van der Waals surface area contributed by atoms with Crippen LogP contribution in [0, 0.1) is 0 Å². The van der Waals surface area contributed by atoms with Crippen molar-refractivity contribution in [2.75, 3.05) is 39.8 Å². The molecule has 0 spiro atoms. The van der Waals surface area contributed by atoms with Crippen molar-refractivity contribution in [2.24, 2.45) is 0 Å². The number of nitrogens with one attached hydrogen (secondary N) is 1. The van der Waals surface area contributed by atoms with Gasteiger partial charge in [-0.25, -0.2) is 9.59 Å². The summed E-state index contributed by atoms with van der Waals surface area (Å²) in [6, 6.07) is 0.252. The minimum Gasteiger partial charge on any atom is -0.479 e. The summed E-state index contributed by atoms with van der Waals surface area (Å²) in [4.78, 5) is 26.6. The quantitative estimate of drug-likeness (QED) is 0.726. The molecule has 2 N–H and O–H groups in total. The third-order valence-electron chi connectivity index (χ3n) is 3.33. The molecule has 0 radical (unpaired) electrons. The summed E-state index contributed by atoms with van der Waals surface area (Å²) < 4.78 is 4.76. The molecule has 7 nitrogen and oxygen atoms in total. The van der Waals surface area contributed by atoms with Crippen LogP contribution in [-0.2, 0) is 9.53 Å². The Morgan fingerprint density at radius 3 is 2.26 bits per heavy atom.